The van der Waals surface area contributed by atoms with Crippen LogP contribution in [0.25, 0.3) is 0 Å². The van der Waals surface area contributed by atoms with Crippen molar-refractivity contribution < 1.29 is 23.9 Å². The van der Waals surface area contributed by atoms with Gasteiger partial charge in [0.2, 0.25) is 5.91 Å². The van der Waals surface area contributed by atoms with E-state index in [0.717, 1.165) is 0 Å². The van der Waals surface area contributed by atoms with E-state index in [1.54, 1.807) is 50.2 Å². The second-order valence-corrected chi connectivity index (χ2v) is 6.48. The number of carbonyl (C=O) groups is 3. The Morgan fingerprint density at radius 3 is 2.00 bits per heavy atom. The molecule has 0 aliphatic carbocycles. The predicted octanol–water partition coefficient (Wildman–Crippen LogP) is 4.31. The molecule has 0 saturated heterocycles. The van der Waals surface area contributed by atoms with E-state index < -0.39 is 11.8 Å². The van der Waals surface area contributed by atoms with E-state index in [0.29, 0.717) is 46.7 Å². The highest BCUT2D eigenvalue weighted by atomic mass is 35.5. The van der Waals surface area contributed by atoms with Crippen molar-refractivity contribution in [3.8, 4) is 11.5 Å². The number of nitrogens with one attached hydrogen (secondary N) is 2. The third-order valence-electron chi connectivity index (χ3n) is 3.73. The van der Waals surface area contributed by atoms with Gasteiger partial charge in [0, 0.05) is 12.1 Å². The monoisotopic (exact) mass is 418 g/mol. The molecule has 29 heavy (non-hydrogen) atoms. The van der Waals surface area contributed by atoms with Crippen LogP contribution < -0.4 is 20.1 Å². The molecular weight excluding hydrogens is 396 g/mol. The minimum absolute atomic E-state index is 0.249. The fourth-order valence-electron chi connectivity index (χ4n) is 2.56. The molecule has 2 rings (SSSR count). The molecule has 8 heteroatoms. The number of halogens is 1. The van der Waals surface area contributed by atoms with Crippen molar-refractivity contribution in [2.24, 2.45) is 0 Å². The Kier molecular flexibility index (Phi) is 8.03. The summed E-state index contributed by atoms with van der Waals surface area (Å²) in [6.07, 6.45) is -0.249. The SMILES string of the molecule is CCOc1cc(NC(=O)c2ccccc2Cl)c(OCC)cc1NC(=O)CC(C)=O. The third-order valence-corrected chi connectivity index (χ3v) is 4.06. The highest BCUT2D eigenvalue weighted by Gasteiger charge is 2.18. The Hall–Kier alpha value is -3.06. The van der Waals surface area contributed by atoms with Crippen LogP contribution in [0.4, 0.5) is 11.4 Å². The van der Waals surface area contributed by atoms with Crippen molar-refractivity contribution in [3.05, 3.63) is 47.0 Å². The van der Waals surface area contributed by atoms with Gasteiger partial charge in [-0.05, 0) is 32.9 Å². The van der Waals surface area contributed by atoms with Gasteiger partial charge < -0.3 is 20.1 Å². The number of ketones is 1. The first kappa shape index (κ1) is 22.2. The quantitative estimate of drug-likeness (QED) is 0.592. The van der Waals surface area contributed by atoms with Gasteiger partial charge in [0.05, 0.1) is 41.6 Å². The lowest BCUT2D eigenvalue weighted by molar-refractivity contribution is -0.124. The molecule has 0 unspecified atom stereocenters. The predicted molar refractivity (Wildman–Crippen MR) is 112 cm³/mol. The van der Waals surface area contributed by atoms with Gasteiger partial charge in [-0.2, -0.15) is 0 Å². The first-order valence-corrected chi connectivity index (χ1v) is 9.52. The fourth-order valence-corrected chi connectivity index (χ4v) is 2.78. The molecule has 0 bridgehead atoms. The van der Waals surface area contributed by atoms with Crippen molar-refractivity contribution in [2.75, 3.05) is 23.8 Å². The molecule has 0 heterocycles. The number of benzene rings is 2. The second-order valence-electron chi connectivity index (χ2n) is 6.07. The number of Topliss-reactive ketones (excluding diaryl/α,β-unsaturated/α-hetero) is 1. The Morgan fingerprint density at radius 2 is 1.48 bits per heavy atom. The third kappa shape index (κ3) is 6.22. The van der Waals surface area contributed by atoms with Crippen LogP contribution in [0.2, 0.25) is 5.02 Å². The van der Waals surface area contributed by atoms with Crippen LogP contribution in [0.1, 0.15) is 37.6 Å². The van der Waals surface area contributed by atoms with E-state index in [2.05, 4.69) is 10.6 Å². The summed E-state index contributed by atoms with van der Waals surface area (Å²) in [6.45, 7) is 5.59. The number of carbonyl (C=O) groups excluding carboxylic acids is 3. The first-order chi connectivity index (χ1) is 13.8. The van der Waals surface area contributed by atoms with Crippen molar-refractivity contribution in [1.29, 1.82) is 0 Å². The number of ether oxygens (including phenoxy) is 2. The molecule has 2 aromatic carbocycles. The lowest BCUT2D eigenvalue weighted by Gasteiger charge is -2.18. The molecular formula is C21H23ClN2O5. The summed E-state index contributed by atoms with van der Waals surface area (Å²) in [4.78, 5) is 35.9. The standard InChI is InChI=1S/C21H23ClN2O5/c1-4-28-18-12-17(24-21(27)14-8-6-7-9-15(14)22)19(29-5-2)11-16(18)23-20(26)10-13(3)25/h6-9,11-12H,4-5,10H2,1-3H3,(H,23,26)(H,24,27). The normalized spacial score (nSPS) is 10.2. The van der Waals surface area contributed by atoms with Gasteiger partial charge >= 0.3 is 0 Å². The summed E-state index contributed by atoms with van der Waals surface area (Å²) < 4.78 is 11.2. The zero-order valence-electron chi connectivity index (χ0n) is 16.5. The average molecular weight is 419 g/mol. The molecule has 0 fully saturated rings. The van der Waals surface area contributed by atoms with E-state index in [9.17, 15) is 14.4 Å². The Balaban J connectivity index is 2.39. The van der Waals surface area contributed by atoms with Crippen LogP contribution in [0.5, 0.6) is 11.5 Å². The van der Waals surface area contributed by atoms with Crippen LogP contribution in [0.3, 0.4) is 0 Å². The van der Waals surface area contributed by atoms with Crippen molar-refractivity contribution in [3.63, 3.8) is 0 Å². The van der Waals surface area contributed by atoms with E-state index in [1.807, 2.05) is 0 Å². The second kappa shape index (κ2) is 10.5. The van der Waals surface area contributed by atoms with Gasteiger partial charge in [-0.3, -0.25) is 14.4 Å². The van der Waals surface area contributed by atoms with E-state index in [-0.39, 0.29) is 12.2 Å². The summed E-state index contributed by atoms with van der Waals surface area (Å²) in [6, 6.07) is 9.79. The summed E-state index contributed by atoms with van der Waals surface area (Å²) in [5.74, 6) is -0.452. The Morgan fingerprint density at radius 1 is 0.931 bits per heavy atom. The molecule has 2 N–H and O–H groups in total. The minimum atomic E-state index is -0.464. The van der Waals surface area contributed by atoms with Gasteiger partial charge in [-0.15, -0.1) is 0 Å². The van der Waals surface area contributed by atoms with Gasteiger partial charge in [0.15, 0.2) is 0 Å². The van der Waals surface area contributed by atoms with Gasteiger partial charge in [-0.25, -0.2) is 0 Å². The highest BCUT2D eigenvalue weighted by Crippen LogP contribution is 2.37. The first-order valence-electron chi connectivity index (χ1n) is 9.14. The zero-order chi connectivity index (χ0) is 21.4. The van der Waals surface area contributed by atoms with Crippen molar-refractivity contribution >= 4 is 40.6 Å². The number of hydrogen-bond acceptors (Lipinski definition) is 5. The molecule has 0 aliphatic rings. The van der Waals surface area contributed by atoms with Gasteiger partial charge in [-0.1, -0.05) is 23.7 Å². The maximum atomic E-state index is 12.6. The summed E-state index contributed by atoms with van der Waals surface area (Å²) in [5, 5.41) is 5.74. The fraction of sp³-hybridized carbons (Fsp3) is 0.286. The average Bonchev–Trinajstić information content (AvgIpc) is 2.65. The molecule has 0 spiro atoms. The maximum absolute atomic E-state index is 12.6. The minimum Gasteiger partial charge on any atom is -0.492 e. The largest absolute Gasteiger partial charge is 0.492 e. The van der Waals surface area contributed by atoms with E-state index >= 15 is 0 Å². The molecule has 2 amide bonds. The zero-order valence-corrected chi connectivity index (χ0v) is 17.3. The smallest absolute Gasteiger partial charge is 0.257 e. The van der Waals surface area contributed by atoms with Crippen LogP contribution in [-0.4, -0.2) is 30.8 Å². The molecule has 0 radical (unpaired) electrons. The van der Waals surface area contributed by atoms with Crippen LogP contribution >= 0.6 is 11.6 Å². The van der Waals surface area contributed by atoms with Crippen LogP contribution in [0.15, 0.2) is 36.4 Å². The van der Waals surface area contributed by atoms with Gasteiger partial charge in [0.1, 0.15) is 17.3 Å². The number of rotatable bonds is 9. The number of hydrogen-bond donors (Lipinski definition) is 2. The molecule has 0 aromatic heterocycles. The van der Waals surface area contributed by atoms with E-state index in [1.165, 1.54) is 6.92 Å². The molecule has 7 nitrogen and oxygen atoms in total. The van der Waals surface area contributed by atoms with Crippen molar-refractivity contribution in [2.45, 2.75) is 27.2 Å². The molecule has 0 aliphatic heterocycles. The van der Waals surface area contributed by atoms with Crippen LogP contribution in [0, 0.1) is 0 Å². The summed E-state index contributed by atoms with van der Waals surface area (Å²) in [7, 11) is 0. The van der Waals surface area contributed by atoms with Crippen LogP contribution in [-0.2, 0) is 9.59 Å². The maximum Gasteiger partial charge on any atom is 0.257 e. The van der Waals surface area contributed by atoms with Gasteiger partial charge in [0.25, 0.3) is 5.91 Å². The van der Waals surface area contributed by atoms with Crippen molar-refractivity contribution in [1.82, 2.24) is 0 Å². The lowest BCUT2D eigenvalue weighted by atomic mass is 10.2. The summed E-state index contributed by atoms with van der Waals surface area (Å²) in [5.41, 5.74) is 1.02. The topological polar surface area (TPSA) is 93.7 Å². The molecule has 2 aromatic rings. The molecule has 0 saturated carbocycles. The van der Waals surface area contributed by atoms with E-state index in [4.69, 9.17) is 21.1 Å². The number of anilines is 2. The highest BCUT2D eigenvalue weighted by molar-refractivity contribution is 6.34. The summed E-state index contributed by atoms with van der Waals surface area (Å²) >= 11 is 6.10. The molecule has 0 atom stereocenters. The Labute approximate surface area is 174 Å². The Bertz CT molecular complexity index is 914. The number of amides is 2. The lowest BCUT2D eigenvalue weighted by Crippen LogP contribution is -2.17. The molecule has 154 valence electrons.